The highest BCUT2D eigenvalue weighted by molar-refractivity contribution is 5.84. The van der Waals surface area contributed by atoms with Gasteiger partial charge in [-0.2, -0.15) is 0 Å². The number of nitrogens with zero attached hydrogens (tertiary/aromatic N) is 1. The van der Waals surface area contributed by atoms with Gasteiger partial charge in [-0.1, -0.05) is 109 Å². The number of hydrogen-bond donors (Lipinski definition) is 1. The summed E-state index contributed by atoms with van der Waals surface area (Å²) in [5, 5.41) is 9.18. The van der Waals surface area contributed by atoms with Gasteiger partial charge in [-0.25, -0.2) is 4.79 Å². The molecule has 192 valence electrons. The smallest absolute Gasteiger partial charge is 0.326 e. The molecular formula is C29H53NO3. The number of carboxylic acid groups (broad SMARTS) is 1. The van der Waals surface area contributed by atoms with Gasteiger partial charge in [0, 0.05) is 13.0 Å². The lowest BCUT2D eigenvalue weighted by atomic mass is 10.0. The second kappa shape index (κ2) is 21.2. The monoisotopic (exact) mass is 463 g/mol. The summed E-state index contributed by atoms with van der Waals surface area (Å²) < 4.78 is 0. The predicted octanol–water partition coefficient (Wildman–Crippen LogP) is 8.44. The van der Waals surface area contributed by atoms with Crippen LogP contribution >= 0.6 is 0 Å². The van der Waals surface area contributed by atoms with Crippen molar-refractivity contribution in [2.45, 2.75) is 154 Å². The van der Waals surface area contributed by atoms with Crippen molar-refractivity contribution in [3.63, 3.8) is 0 Å². The first-order valence-electron chi connectivity index (χ1n) is 14.3. The number of unbranched alkanes of at least 4 members (excludes halogenated alkanes) is 17. The number of aliphatic carboxylic acids is 1. The third-order valence-corrected chi connectivity index (χ3v) is 7.01. The third kappa shape index (κ3) is 16.0. The standard InChI is InChI=1S/C29H53NO3/c1-2-3-4-5-6-7-8-9-10-11-12-13-14-15-16-17-18-19-20-21-22-25-28(31)30-26-23-24-27(30)29(32)33/h9-10,27H,2-8,11-26H2,1H3,(H,32,33)/b10-9+. The molecule has 1 saturated heterocycles. The van der Waals surface area contributed by atoms with Crippen LogP contribution in [0.15, 0.2) is 12.2 Å². The van der Waals surface area contributed by atoms with E-state index < -0.39 is 12.0 Å². The Morgan fingerprint density at radius 3 is 1.67 bits per heavy atom. The van der Waals surface area contributed by atoms with Crippen molar-refractivity contribution in [1.82, 2.24) is 4.90 Å². The maximum Gasteiger partial charge on any atom is 0.326 e. The first-order valence-corrected chi connectivity index (χ1v) is 14.3. The van der Waals surface area contributed by atoms with E-state index in [1.54, 1.807) is 4.90 Å². The van der Waals surface area contributed by atoms with Crippen molar-refractivity contribution < 1.29 is 14.7 Å². The number of likely N-dealkylation sites (tertiary alicyclic amines) is 1. The Balaban J connectivity index is 1.78. The summed E-state index contributed by atoms with van der Waals surface area (Å²) in [7, 11) is 0. The van der Waals surface area contributed by atoms with Crippen LogP contribution in [0.3, 0.4) is 0 Å². The molecule has 1 amide bonds. The Morgan fingerprint density at radius 1 is 0.727 bits per heavy atom. The topological polar surface area (TPSA) is 57.6 Å². The number of rotatable bonds is 22. The van der Waals surface area contributed by atoms with Gasteiger partial charge in [0.2, 0.25) is 5.91 Å². The van der Waals surface area contributed by atoms with Crippen LogP contribution in [0.2, 0.25) is 0 Å². The highest BCUT2D eigenvalue weighted by Gasteiger charge is 2.33. The number of hydrogen-bond acceptors (Lipinski definition) is 2. The average molecular weight is 464 g/mol. The summed E-state index contributed by atoms with van der Waals surface area (Å²) >= 11 is 0. The molecule has 1 unspecified atom stereocenters. The highest BCUT2D eigenvalue weighted by atomic mass is 16.4. The summed E-state index contributed by atoms with van der Waals surface area (Å²) in [4.78, 5) is 25.0. The number of amides is 1. The first-order chi connectivity index (χ1) is 16.2. The van der Waals surface area contributed by atoms with E-state index in [2.05, 4.69) is 19.1 Å². The van der Waals surface area contributed by atoms with Crippen LogP contribution < -0.4 is 0 Å². The van der Waals surface area contributed by atoms with Gasteiger partial charge in [-0.15, -0.1) is 0 Å². The molecule has 33 heavy (non-hydrogen) atoms. The van der Waals surface area contributed by atoms with Crippen molar-refractivity contribution in [3.8, 4) is 0 Å². The Morgan fingerprint density at radius 2 is 1.18 bits per heavy atom. The minimum atomic E-state index is -0.850. The van der Waals surface area contributed by atoms with Crippen molar-refractivity contribution in [3.05, 3.63) is 12.2 Å². The van der Waals surface area contributed by atoms with Gasteiger partial charge in [0.25, 0.3) is 0 Å². The number of carbonyl (C=O) groups excluding carboxylic acids is 1. The average Bonchev–Trinajstić information content (AvgIpc) is 3.30. The fraction of sp³-hybridized carbons (Fsp3) is 0.862. The van der Waals surface area contributed by atoms with Gasteiger partial charge in [0.05, 0.1) is 0 Å². The van der Waals surface area contributed by atoms with Crippen LogP contribution in [-0.4, -0.2) is 34.5 Å². The van der Waals surface area contributed by atoms with Gasteiger partial charge < -0.3 is 10.0 Å². The van der Waals surface area contributed by atoms with E-state index in [0.29, 0.717) is 19.4 Å². The van der Waals surface area contributed by atoms with Crippen molar-refractivity contribution in [2.75, 3.05) is 6.54 Å². The zero-order valence-corrected chi connectivity index (χ0v) is 21.7. The Hall–Kier alpha value is -1.32. The van der Waals surface area contributed by atoms with Crippen LogP contribution in [0.1, 0.15) is 148 Å². The van der Waals surface area contributed by atoms with E-state index in [0.717, 1.165) is 19.3 Å². The van der Waals surface area contributed by atoms with Gasteiger partial charge in [-0.05, 0) is 44.9 Å². The van der Waals surface area contributed by atoms with Crippen LogP contribution in [0.4, 0.5) is 0 Å². The molecule has 0 aromatic heterocycles. The number of carboxylic acids is 1. The van der Waals surface area contributed by atoms with Crippen molar-refractivity contribution in [1.29, 1.82) is 0 Å². The third-order valence-electron chi connectivity index (χ3n) is 7.01. The van der Waals surface area contributed by atoms with Crippen LogP contribution in [-0.2, 0) is 9.59 Å². The zero-order chi connectivity index (χ0) is 24.0. The molecule has 0 aromatic carbocycles. The summed E-state index contributed by atoms with van der Waals surface area (Å²) in [5.74, 6) is -0.815. The molecule has 4 nitrogen and oxygen atoms in total. The minimum absolute atomic E-state index is 0.0354. The largest absolute Gasteiger partial charge is 0.480 e. The molecule has 0 radical (unpaired) electrons. The maximum absolute atomic E-state index is 12.2. The molecule has 1 N–H and O–H groups in total. The molecule has 4 heteroatoms. The SMILES string of the molecule is CCCCCCCC/C=C/CCCCCCCCCCCCCC(=O)N1CCCC1C(=O)O. The lowest BCUT2D eigenvalue weighted by molar-refractivity contribution is -0.148. The van der Waals surface area contributed by atoms with E-state index in [-0.39, 0.29) is 5.91 Å². The number of carbonyl (C=O) groups is 2. The van der Waals surface area contributed by atoms with Crippen LogP contribution in [0.5, 0.6) is 0 Å². The Kier molecular flexibility index (Phi) is 19.1. The van der Waals surface area contributed by atoms with Gasteiger partial charge >= 0.3 is 5.97 Å². The van der Waals surface area contributed by atoms with Gasteiger partial charge in [-0.3, -0.25) is 4.79 Å². The molecule has 1 heterocycles. The molecule has 0 spiro atoms. The molecule has 1 aliphatic rings. The van der Waals surface area contributed by atoms with E-state index in [4.69, 9.17) is 0 Å². The molecule has 0 aromatic rings. The minimum Gasteiger partial charge on any atom is -0.480 e. The van der Waals surface area contributed by atoms with Crippen molar-refractivity contribution >= 4 is 11.9 Å². The summed E-state index contributed by atoms with van der Waals surface area (Å²) in [5.41, 5.74) is 0. The van der Waals surface area contributed by atoms with E-state index in [1.807, 2.05) is 0 Å². The van der Waals surface area contributed by atoms with Gasteiger partial charge in [0.1, 0.15) is 6.04 Å². The molecule has 0 bridgehead atoms. The second-order valence-corrected chi connectivity index (χ2v) is 10.0. The quantitative estimate of drug-likeness (QED) is 0.129. The van der Waals surface area contributed by atoms with Crippen LogP contribution in [0, 0.1) is 0 Å². The summed E-state index contributed by atoms with van der Waals surface area (Å²) in [6, 6.07) is -0.580. The molecule has 1 atom stereocenters. The zero-order valence-electron chi connectivity index (χ0n) is 21.7. The van der Waals surface area contributed by atoms with Gasteiger partial charge in [0.15, 0.2) is 0 Å². The second-order valence-electron chi connectivity index (χ2n) is 10.0. The Bertz CT molecular complexity index is 517. The summed E-state index contributed by atoms with van der Waals surface area (Å²) in [6.07, 6.45) is 31.5. The first kappa shape index (κ1) is 29.7. The molecule has 1 aliphatic heterocycles. The van der Waals surface area contributed by atoms with E-state index >= 15 is 0 Å². The molecule has 0 saturated carbocycles. The fourth-order valence-corrected chi connectivity index (χ4v) is 4.87. The lowest BCUT2D eigenvalue weighted by Crippen LogP contribution is -2.40. The molecular weight excluding hydrogens is 410 g/mol. The fourth-order valence-electron chi connectivity index (χ4n) is 4.87. The van der Waals surface area contributed by atoms with Crippen LogP contribution in [0.25, 0.3) is 0 Å². The normalized spacial score (nSPS) is 16.2. The summed E-state index contributed by atoms with van der Waals surface area (Å²) in [6.45, 7) is 2.89. The maximum atomic E-state index is 12.2. The molecule has 0 aliphatic carbocycles. The van der Waals surface area contributed by atoms with E-state index in [9.17, 15) is 14.7 Å². The van der Waals surface area contributed by atoms with E-state index in [1.165, 1.54) is 109 Å². The van der Waals surface area contributed by atoms with Crippen molar-refractivity contribution in [2.24, 2.45) is 0 Å². The predicted molar refractivity (Wildman–Crippen MR) is 140 cm³/mol. The molecule has 1 fully saturated rings. The highest BCUT2D eigenvalue weighted by Crippen LogP contribution is 2.20. The molecule has 1 rings (SSSR count). The lowest BCUT2D eigenvalue weighted by Gasteiger charge is -2.21. The number of allylic oxidation sites excluding steroid dienone is 2. The Labute approximate surface area is 204 Å².